The molecule has 2 amide bonds. The van der Waals surface area contributed by atoms with E-state index in [9.17, 15) is 14.0 Å². The fraction of sp³-hybridized carbons (Fsp3) is 0.227. The van der Waals surface area contributed by atoms with Crippen LogP contribution in [0.2, 0.25) is 5.02 Å². The second kappa shape index (κ2) is 8.67. The van der Waals surface area contributed by atoms with E-state index >= 15 is 0 Å². The highest BCUT2D eigenvalue weighted by molar-refractivity contribution is 6.30. The number of carbonyl (C=O) groups is 2. The van der Waals surface area contributed by atoms with Gasteiger partial charge in [-0.25, -0.2) is 9.07 Å². The molecule has 8 heteroatoms. The predicted octanol–water partition coefficient (Wildman–Crippen LogP) is 3.73. The Morgan fingerprint density at radius 1 is 1.17 bits per heavy atom. The molecule has 0 aliphatic carbocycles. The number of hydrogen-bond acceptors (Lipinski definition) is 3. The van der Waals surface area contributed by atoms with Gasteiger partial charge in [-0.3, -0.25) is 9.59 Å². The number of nitrogens with one attached hydrogen (secondary N) is 2. The first-order valence-electron chi connectivity index (χ1n) is 9.72. The van der Waals surface area contributed by atoms with E-state index in [2.05, 4.69) is 15.7 Å². The molecule has 154 valence electrons. The van der Waals surface area contributed by atoms with Crippen LogP contribution in [0.25, 0.3) is 16.9 Å². The predicted molar refractivity (Wildman–Crippen MR) is 112 cm³/mol. The molecule has 1 saturated heterocycles. The molecule has 0 saturated carbocycles. The molecule has 6 nitrogen and oxygen atoms in total. The van der Waals surface area contributed by atoms with Crippen molar-refractivity contribution in [3.05, 3.63) is 71.1 Å². The minimum Gasteiger partial charge on any atom is -0.354 e. The van der Waals surface area contributed by atoms with Crippen LogP contribution in [0.4, 0.5) is 4.39 Å². The van der Waals surface area contributed by atoms with E-state index in [1.54, 1.807) is 42.5 Å². The smallest absolute Gasteiger partial charge is 0.270 e. The number of carbonyl (C=O) groups excluding carboxylic acids is 2. The zero-order chi connectivity index (χ0) is 21.1. The second-order valence-corrected chi connectivity index (χ2v) is 7.54. The molecule has 2 aromatic carbocycles. The molecule has 1 aliphatic rings. The van der Waals surface area contributed by atoms with Crippen molar-refractivity contribution in [2.24, 2.45) is 0 Å². The van der Waals surface area contributed by atoms with Gasteiger partial charge in [0.15, 0.2) is 0 Å². The molecule has 30 heavy (non-hydrogen) atoms. The third-order valence-corrected chi connectivity index (χ3v) is 5.22. The van der Waals surface area contributed by atoms with E-state index < -0.39 is 17.8 Å². The molecule has 2 N–H and O–H groups in total. The van der Waals surface area contributed by atoms with E-state index in [-0.39, 0.29) is 17.2 Å². The molecule has 0 bridgehead atoms. The molecule has 1 atom stereocenters. The lowest BCUT2D eigenvalue weighted by Crippen LogP contribution is -2.45. The molecule has 0 spiro atoms. The fourth-order valence-corrected chi connectivity index (χ4v) is 3.64. The van der Waals surface area contributed by atoms with Crippen LogP contribution in [-0.4, -0.2) is 34.2 Å². The summed E-state index contributed by atoms with van der Waals surface area (Å²) in [5.74, 6) is -1.11. The Hall–Kier alpha value is -3.19. The van der Waals surface area contributed by atoms with E-state index in [0.717, 1.165) is 12.8 Å². The van der Waals surface area contributed by atoms with Crippen molar-refractivity contribution in [2.45, 2.75) is 25.3 Å². The Balaban J connectivity index is 1.74. The van der Waals surface area contributed by atoms with Crippen LogP contribution in [0, 0.1) is 5.82 Å². The average Bonchev–Trinajstić information content (AvgIpc) is 3.08. The number of rotatable bonds is 4. The van der Waals surface area contributed by atoms with Gasteiger partial charge in [0.1, 0.15) is 17.6 Å². The molecule has 2 heterocycles. The Bertz CT molecular complexity index is 1100. The largest absolute Gasteiger partial charge is 0.354 e. The molecule has 1 fully saturated rings. The van der Waals surface area contributed by atoms with Crippen LogP contribution >= 0.6 is 11.6 Å². The van der Waals surface area contributed by atoms with Crippen LogP contribution in [0.3, 0.4) is 0 Å². The lowest BCUT2D eigenvalue weighted by Gasteiger charge is -2.15. The normalized spacial score (nSPS) is 16.6. The van der Waals surface area contributed by atoms with Gasteiger partial charge in [0.2, 0.25) is 5.91 Å². The molecule has 0 radical (unpaired) electrons. The molecule has 1 aromatic heterocycles. The summed E-state index contributed by atoms with van der Waals surface area (Å²) in [5, 5.41) is 10.5. The van der Waals surface area contributed by atoms with Gasteiger partial charge >= 0.3 is 0 Å². The zero-order valence-corrected chi connectivity index (χ0v) is 16.8. The summed E-state index contributed by atoms with van der Waals surface area (Å²) in [7, 11) is 0. The van der Waals surface area contributed by atoms with Crippen molar-refractivity contribution in [1.82, 2.24) is 20.4 Å². The Kier molecular flexibility index (Phi) is 5.81. The SMILES string of the molecule is O=C(NC1CCCCNC1=O)c1cc(-c2ccccc2F)nn1-c1cccc(Cl)c1. The molecule has 4 rings (SSSR count). The van der Waals surface area contributed by atoms with Crippen molar-refractivity contribution in [3.63, 3.8) is 0 Å². The van der Waals surface area contributed by atoms with Gasteiger partial charge in [-0.2, -0.15) is 5.10 Å². The molecular weight excluding hydrogens is 407 g/mol. The van der Waals surface area contributed by atoms with E-state index in [4.69, 9.17) is 11.6 Å². The zero-order valence-electron chi connectivity index (χ0n) is 16.1. The van der Waals surface area contributed by atoms with Gasteiger partial charge < -0.3 is 10.6 Å². The minimum absolute atomic E-state index is 0.188. The monoisotopic (exact) mass is 426 g/mol. The standard InChI is InChI=1S/C22H20ClFN4O2/c23-14-6-5-7-15(12-14)28-20(13-19(27-28)16-8-1-2-9-17(16)24)22(30)26-18-10-3-4-11-25-21(18)29/h1-2,5-9,12-13,18H,3-4,10-11H2,(H,25,29)(H,26,30). The summed E-state index contributed by atoms with van der Waals surface area (Å²) in [4.78, 5) is 25.3. The van der Waals surface area contributed by atoms with Gasteiger partial charge in [-0.1, -0.05) is 29.8 Å². The molecule has 1 aliphatic heterocycles. The average molecular weight is 427 g/mol. The molecular formula is C22H20ClFN4O2. The Morgan fingerprint density at radius 3 is 2.80 bits per heavy atom. The fourth-order valence-electron chi connectivity index (χ4n) is 3.46. The lowest BCUT2D eigenvalue weighted by molar-refractivity contribution is -0.122. The maximum absolute atomic E-state index is 14.3. The third-order valence-electron chi connectivity index (χ3n) is 4.99. The Morgan fingerprint density at radius 2 is 2.00 bits per heavy atom. The number of halogens is 2. The summed E-state index contributed by atoms with van der Waals surface area (Å²) < 4.78 is 15.7. The quantitative estimate of drug-likeness (QED) is 0.667. The highest BCUT2D eigenvalue weighted by Crippen LogP contribution is 2.25. The van der Waals surface area contributed by atoms with Crippen LogP contribution in [0.5, 0.6) is 0 Å². The topological polar surface area (TPSA) is 76.0 Å². The maximum atomic E-state index is 14.3. The summed E-state index contributed by atoms with van der Waals surface area (Å²) in [6, 6.07) is 14.0. The van der Waals surface area contributed by atoms with Gasteiger partial charge in [0.05, 0.1) is 11.4 Å². The van der Waals surface area contributed by atoms with Crippen molar-refractivity contribution >= 4 is 23.4 Å². The van der Waals surface area contributed by atoms with Crippen molar-refractivity contribution in [1.29, 1.82) is 0 Å². The van der Waals surface area contributed by atoms with Gasteiger partial charge in [0.25, 0.3) is 5.91 Å². The van der Waals surface area contributed by atoms with Gasteiger partial charge in [-0.05, 0) is 55.7 Å². The second-order valence-electron chi connectivity index (χ2n) is 7.10. The van der Waals surface area contributed by atoms with Crippen LogP contribution < -0.4 is 10.6 Å². The highest BCUT2D eigenvalue weighted by atomic mass is 35.5. The van der Waals surface area contributed by atoms with Crippen molar-refractivity contribution in [3.8, 4) is 16.9 Å². The van der Waals surface area contributed by atoms with E-state index in [1.165, 1.54) is 16.8 Å². The van der Waals surface area contributed by atoms with Crippen LogP contribution in [-0.2, 0) is 4.79 Å². The third kappa shape index (κ3) is 4.21. The van der Waals surface area contributed by atoms with Gasteiger partial charge in [0, 0.05) is 17.1 Å². The lowest BCUT2D eigenvalue weighted by atomic mass is 10.1. The minimum atomic E-state index is -0.625. The number of amides is 2. The van der Waals surface area contributed by atoms with Crippen molar-refractivity contribution in [2.75, 3.05) is 6.54 Å². The van der Waals surface area contributed by atoms with E-state index in [1.807, 2.05) is 0 Å². The summed E-state index contributed by atoms with van der Waals surface area (Å²) in [5.41, 5.74) is 1.33. The summed E-state index contributed by atoms with van der Waals surface area (Å²) >= 11 is 6.11. The number of hydrogen-bond donors (Lipinski definition) is 2. The highest BCUT2D eigenvalue weighted by Gasteiger charge is 2.26. The molecule has 3 aromatic rings. The van der Waals surface area contributed by atoms with E-state index in [0.29, 0.717) is 29.4 Å². The van der Waals surface area contributed by atoms with Crippen molar-refractivity contribution < 1.29 is 14.0 Å². The maximum Gasteiger partial charge on any atom is 0.270 e. The first-order valence-corrected chi connectivity index (χ1v) is 10.1. The first kappa shape index (κ1) is 20.1. The molecule has 1 unspecified atom stereocenters. The van der Waals surface area contributed by atoms with Gasteiger partial charge in [-0.15, -0.1) is 0 Å². The summed E-state index contributed by atoms with van der Waals surface area (Å²) in [6.45, 7) is 0.600. The Labute approximate surface area is 178 Å². The number of aromatic nitrogens is 2. The number of benzene rings is 2. The first-order chi connectivity index (χ1) is 14.5. The van der Waals surface area contributed by atoms with Crippen LogP contribution in [0.1, 0.15) is 29.8 Å². The number of nitrogens with zero attached hydrogens (tertiary/aromatic N) is 2. The summed E-state index contributed by atoms with van der Waals surface area (Å²) in [6.07, 6.45) is 2.26. The van der Waals surface area contributed by atoms with Crippen LogP contribution in [0.15, 0.2) is 54.6 Å².